The van der Waals surface area contributed by atoms with Crippen LogP contribution < -0.4 is 0 Å². The van der Waals surface area contributed by atoms with Gasteiger partial charge in [-0.1, -0.05) is 36.9 Å². The van der Waals surface area contributed by atoms with Crippen LogP contribution in [-0.4, -0.2) is 17.0 Å². The molecular weight excluding hydrogens is 268 g/mol. The third kappa shape index (κ3) is 3.69. The highest BCUT2D eigenvalue weighted by atomic mass is 16.5. The standard InChI is InChI=1S/C17H16O4/c1-11(2)17(20)21-10-12-6-7-15-13(8-12)4-3-5-14(15)9-16(18)19/h3-8H,1,9-10H2,2H3,(H,18,19). The molecule has 1 N–H and O–H groups in total. The maximum absolute atomic E-state index is 11.4. The molecule has 0 aromatic heterocycles. The lowest BCUT2D eigenvalue weighted by Crippen LogP contribution is -2.05. The van der Waals surface area contributed by atoms with Gasteiger partial charge in [0.2, 0.25) is 0 Å². The minimum Gasteiger partial charge on any atom is -0.481 e. The van der Waals surface area contributed by atoms with Crippen molar-refractivity contribution in [1.29, 1.82) is 0 Å². The molecule has 0 atom stereocenters. The molecule has 0 aliphatic rings. The number of aliphatic carboxylic acids is 1. The summed E-state index contributed by atoms with van der Waals surface area (Å²) in [6.07, 6.45) is -0.0126. The third-order valence-corrected chi connectivity index (χ3v) is 3.10. The number of carbonyl (C=O) groups excluding carboxylic acids is 1. The molecule has 0 unspecified atom stereocenters. The highest BCUT2D eigenvalue weighted by Crippen LogP contribution is 2.21. The smallest absolute Gasteiger partial charge is 0.333 e. The number of hydrogen-bond donors (Lipinski definition) is 1. The SMILES string of the molecule is C=C(C)C(=O)OCc1ccc2c(CC(=O)O)cccc2c1. The normalized spacial score (nSPS) is 10.3. The summed E-state index contributed by atoms with van der Waals surface area (Å²) in [5.74, 6) is -1.28. The highest BCUT2D eigenvalue weighted by Gasteiger charge is 2.07. The van der Waals surface area contributed by atoms with Gasteiger partial charge in [0, 0.05) is 5.57 Å². The number of ether oxygens (including phenoxy) is 1. The van der Waals surface area contributed by atoms with E-state index in [9.17, 15) is 9.59 Å². The molecule has 2 aromatic rings. The largest absolute Gasteiger partial charge is 0.481 e. The first kappa shape index (κ1) is 14.8. The average molecular weight is 284 g/mol. The van der Waals surface area contributed by atoms with Crippen LogP contribution in [0.15, 0.2) is 48.6 Å². The number of carbonyl (C=O) groups is 2. The van der Waals surface area contributed by atoms with Crippen molar-refractivity contribution in [3.05, 3.63) is 59.7 Å². The molecule has 0 saturated carbocycles. The van der Waals surface area contributed by atoms with Gasteiger partial charge >= 0.3 is 11.9 Å². The molecule has 0 saturated heterocycles. The lowest BCUT2D eigenvalue weighted by atomic mass is 10.0. The number of esters is 1. The topological polar surface area (TPSA) is 63.6 Å². The molecule has 21 heavy (non-hydrogen) atoms. The van der Waals surface area contributed by atoms with Crippen molar-refractivity contribution < 1.29 is 19.4 Å². The second-order valence-electron chi connectivity index (χ2n) is 4.90. The molecule has 0 aliphatic heterocycles. The van der Waals surface area contributed by atoms with Gasteiger partial charge < -0.3 is 9.84 Å². The summed E-state index contributed by atoms with van der Waals surface area (Å²) in [5, 5.41) is 10.7. The molecule has 4 heteroatoms. The Labute approximate surface area is 122 Å². The fraction of sp³-hybridized carbons (Fsp3) is 0.176. The van der Waals surface area contributed by atoms with Crippen molar-refractivity contribution in [2.24, 2.45) is 0 Å². The molecule has 2 rings (SSSR count). The van der Waals surface area contributed by atoms with Gasteiger partial charge in [-0.25, -0.2) is 4.79 Å². The van der Waals surface area contributed by atoms with Gasteiger partial charge in [0.25, 0.3) is 0 Å². The fourth-order valence-electron chi connectivity index (χ4n) is 2.08. The quantitative estimate of drug-likeness (QED) is 0.677. The van der Waals surface area contributed by atoms with Crippen LogP contribution in [0.1, 0.15) is 18.1 Å². The van der Waals surface area contributed by atoms with Crippen LogP contribution in [0.2, 0.25) is 0 Å². The molecule has 0 aliphatic carbocycles. The Hall–Kier alpha value is -2.62. The molecular formula is C17H16O4. The van der Waals surface area contributed by atoms with E-state index in [-0.39, 0.29) is 13.0 Å². The molecule has 0 radical (unpaired) electrons. The van der Waals surface area contributed by atoms with Gasteiger partial charge in [-0.2, -0.15) is 0 Å². The summed E-state index contributed by atoms with van der Waals surface area (Å²) in [6, 6.07) is 11.1. The van der Waals surface area contributed by atoms with Crippen LogP contribution in [0.25, 0.3) is 10.8 Å². The molecule has 4 nitrogen and oxygen atoms in total. The zero-order chi connectivity index (χ0) is 15.4. The Morgan fingerprint density at radius 3 is 2.67 bits per heavy atom. The van der Waals surface area contributed by atoms with Crippen molar-refractivity contribution in [1.82, 2.24) is 0 Å². The summed E-state index contributed by atoms with van der Waals surface area (Å²) in [7, 11) is 0. The van der Waals surface area contributed by atoms with E-state index in [1.54, 1.807) is 13.0 Å². The van der Waals surface area contributed by atoms with Crippen LogP contribution in [-0.2, 0) is 27.4 Å². The minimum atomic E-state index is -0.859. The number of fused-ring (bicyclic) bond motifs is 1. The summed E-state index contributed by atoms with van der Waals surface area (Å²) in [4.78, 5) is 22.2. The van der Waals surface area contributed by atoms with Gasteiger partial charge in [0.05, 0.1) is 6.42 Å². The van der Waals surface area contributed by atoms with Gasteiger partial charge in [-0.3, -0.25) is 4.79 Å². The highest BCUT2D eigenvalue weighted by molar-refractivity contribution is 5.89. The molecule has 0 bridgehead atoms. The molecule has 0 spiro atoms. The number of hydrogen-bond acceptors (Lipinski definition) is 3. The van der Waals surface area contributed by atoms with E-state index in [4.69, 9.17) is 9.84 Å². The van der Waals surface area contributed by atoms with Crippen LogP contribution in [0.3, 0.4) is 0 Å². The molecule has 2 aromatic carbocycles. The number of carboxylic acids is 1. The first-order valence-corrected chi connectivity index (χ1v) is 6.52. The first-order valence-electron chi connectivity index (χ1n) is 6.52. The second-order valence-corrected chi connectivity index (χ2v) is 4.90. The van der Waals surface area contributed by atoms with E-state index in [1.165, 1.54) is 0 Å². The van der Waals surface area contributed by atoms with Crippen molar-refractivity contribution in [2.75, 3.05) is 0 Å². The Kier molecular flexibility index (Phi) is 4.38. The summed E-state index contributed by atoms with van der Waals surface area (Å²) >= 11 is 0. The van der Waals surface area contributed by atoms with Crippen LogP contribution in [0.5, 0.6) is 0 Å². The first-order chi connectivity index (χ1) is 9.97. The van der Waals surface area contributed by atoms with E-state index in [2.05, 4.69) is 6.58 Å². The summed E-state index contributed by atoms with van der Waals surface area (Å²) in [5.41, 5.74) is 1.98. The predicted molar refractivity (Wildman–Crippen MR) is 79.9 cm³/mol. The fourth-order valence-corrected chi connectivity index (χ4v) is 2.08. The van der Waals surface area contributed by atoms with Crippen LogP contribution in [0.4, 0.5) is 0 Å². The van der Waals surface area contributed by atoms with Crippen molar-refractivity contribution >= 4 is 22.7 Å². The van der Waals surface area contributed by atoms with Crippen molar-refractivity contribution in [3.63, 3.8) is 0 Å². The Balaban J connectivity index is 2.24. The Morgan fingerprint density at radius 1 is 1.24 bits per heavy atom. The minimum absolute atomic E-state index is 0.0126. The third-order valence-electron chi connectivity index (χ3n) is 3.10. The van der Waals surface area contributed by atoms with Crippen LogP contribution >= 0.6 is 0 Å². The van der Waals surface area contributed by atoms with E-state index < -0.39 is 11.9 Å². The number of rotatable bonds is 5. The van der Waals surface area contributed by atoms with Gasteiger partial charge in [0.1, 0.15) is 6.61 Å². The van der Waals surface area contributed by atoms with E-state index in [1.807, 2.05) is 30.3 Å². The van der Waals surface area contributed by atoms with Gasteiger partial charge in [-0.15, -0.1) is 0 Å². The lowest BCUT2D eigenvalue weighted by Gasteiger charge is -2.08. The zero-order valence-corrected chi connectivity index (χ0v) is 11.8. The summed E-state index contributed by atoms with van der Waals surface area (Å²) in [6.45, 7) is 5.30. The van der Waals surface area contributed by atoms with E-state index >= 15 is 0 Å². The van der Waals surface area contributed by atoms with E-state index in [0.29, 0.717) is 5.57 Å². The maximum atomic E-state index is 11.4. The molecule has 0 amide bonds. The van der Waals surface area contributed by atoms with Gasteiger partial charge in [-0.05, 0) is 34.9 Å². The second kappa shape index (κ2) is 6.22. The van der Waals surface area contributed by atoms with Crippen molar-refractivity contribution in [3.8, 4) is 0 Å². The lowest BCUT2D eigenvalue weighted by molar-refractivity contribution is -0.140. The molecule has 108 valence electrons. The number of carboxylic acid groups (broad SMARTS) is 1. The maximum Gasteiger partial charge on any atom is 0.333 e. The summed E-state index contributed by atoms with van der Waals surface area (Å²) < 4.78 is 5.10. The van der Waals surface area contributed by atoms with Crippen molar-refractivity contribution in [2.45, 2.75) is 20.0 Å². The molecule has 0 fully saturated rings. The zero-order valence-electron chi connectivity index (χ0n) is 11.8. The Bertz CT molecular complexity index is 716. The van der Waals surface area contributed by atoms with E-state index in [0.717, 1.165) is 21.9 Å². The Morgan fingerprint density at radius 2 is 2.00 bits per heavy atom. The van der Waals surface area contributed by atoms with Gasteiger partial charge in [0.15, 0.2) is 0 Å². The monoisotopic (exact) mass is 284 g/mol. The predicted octanol–water partition coefficient (Wildman–Crippen LogP) is 3.09. The number of benzene rings is 2. The average Bonchev–Trinajstić information content (AvgIpc) is 2.44. The molecule has 0 heterocycles. The van der Waals surface area contributed by atoms with Crippen LogP contribution in [0, 0.1) is 0 Å².